The normalized spacial score (nSPS) is 12.8. The van der Waals surface area contributed by atoms with Gasteiger partial charge in [-0.05, 0) is 54.8 Å². The van der Waals surface area contributed by atoms with E-state index in [-0.39, 0.29) is 30.6 Å². The van der Waals surface area contributed by atoms with Crippen molar-refractivity contribution in [2.24, 2.45) is 0 Å². The third kappa shape index (κ3) is 8.71. The summed E-state index contributed by atoms with van der Waals surface area (Å²) < 4.78 is 26.6. The van der Waals surface area contributed by atoms with Gasteiger partial charge in [-0.15, -0.1) is 0 Å². The van der Waals surface area contributed by atoms with Crippen molar-refractivity contribution in [3.05, 3.63) is 100 Å². The lowest BCUT2D eigenvalue weighted by Crippen LogP contribution is -2.54. The average molecular weight is 591 g/mol. The fourth-order valence-electron chi connectivity index (χ4n) is 4.03. The van der Waals surface area contributed by atoms with Crippen molar-refractivity contribution in [3.8, 4) is 0 Å². The van der Waals surface area contributed by atoms with Crippen LogP contribution in [0.15, 0.2) is 78.9 Å². The molecule has 39 heavy (non-hydrogen) atoms. The molecule has 2 amide bonds. The molecule has 3 aromatic rings. The molecule has 0 aliphatic heterocycles. The molecular weight excluding hydrogens is 557 g/mol. The Bertz CT molecular complexity index is 1370. The van der Waals surface area contributed by atoms with Gasteiger partial charge in [0, 0.05) is 29.1 Å². The van der Waals surface area contributed by atoms with E-state index in [1.54, 1.807) is 36.4 Å². The lowest BCUT2D eigenvalue weighted by molar-refractivity contribution is -0.140. The van der Waals surface area contributed by atoms with Crippen molar-refractivity contribution < 1.29 is 18.0 Å². The minimum atomic E-state index is -3.85. The van der Waals surface area contributed by atoms with Gasteiger partial charge in [0.25, 0.3) is 0 Å². The van der Waals surface area contributed by atoms with E-state index < -0.39 is 28.5 Å². The van der Waals surface area contributed by atoms with E-state index in [1.807, 2.05) is 44.2 Å². The predicted octanol–water partition coefficient (Wildman–Crippen LogP) is 5.31. The molecule has 3 rings (SSSR count). The lowest BCUT2D eigenvalue weighted by Gasteiger charge is -2.34. The highest BCUT2D eigenvalue weighted by atomic mass is 35.5. The van der Waals surface area contributed by atoms with Crippen molar-refractivity contribution in [2.75, 3.05) is 17.1 Å². The molecule has 2 atom stereocenters. The van der Waals surface area contributed by atoms with Crippen molar-refractivity contribution in [1.29, 1.82) is 0 Å². The van der Waals surface area contributed by atoms with Gasteiger partial charge in [0.15, 0.2) is 0 Å². The molecule has 0 aliphatic carbocycles. The van der Waals surface area contributed by atoms with E-state index in [1.165, 1.54) is 17.0 Å². The Morgan fingerprint density at radius 3 is 2.13 bits per heavy atom. The first kappa shape index (κ1) is 30.5. The van der Waals surface area contributed by atoms with Crippen molar-refractivity contribution in [3.63, 3.8) is 0 Å². The number of halogens is 2. The summed E-state index contributed by atoms with van der Waals surface area (Å²) in [5, 5.41) is 3.87. The summed E-state index contributed by atoms with van der Waals surface area (Å²) in [6.45, 7) is 3.36. The molecule has 1 N–H and O–H groups in total. The Hall–Kier alpha value is -3.07. The average Bonchev–Trinajstić information content (AvgIpc) is 2.90. The zero-order valence-corrected chi connectivity index (χ0v) is 24.5. The molecule has 0 spiro atoms. The fourth-order valence-corrected chi connectivity index (χ4v) is 5.20. The van der Waals surface area contributed by atoms with E-state index in [0.29, 0.717) is 22.0 Å². The number of hydrogen-bond acceptors (Lipinski definition) is 4. The molecule has 2 unspecified atom stereocenters. The van der Waals surface area contributed by atoms with Crippen molar-refractivity contribution in [2.45, 2.75) is 45.3 Å². The molecule has 0 aliphatic rings. The molecule has 0 aromatic heterocycles. The molecule has 208 valence electrons. The third-order valence-electron chi connectivity index (χ3n) is 6.36. The molecule has 7 nitrogen and oxygen atoms in total. The summed E-state index contributed by atoms with van der Waals surface area (Å²) in [5.41, 5.74) is 1.78. The summed E-state index contributed by atoms with van der Waals surface area (Å²) in [6, 6.07) is 21.6. The number of anilines is 1. The first-order valence-corrected chi connectivity index (χ1v) is 15.2. The number of rotatable bonds is 12. The summed E-state index contributed by atoms with van der Waals surface area (Å²) in [5.74, 6) is -0.874. The maximum atomic E-state index is 14.0. The van der Waals surface area contributed by atoms with Crippen molar-refractivity contribution in [1.82, 2.24) is 10.2 Å². The van der Waals surface area contributed by atoms with E-state index >= 15 is 0 Å². The number of nitrogens with zero attached hydrogens (tertiary/aromatic N) is 2. The van der Waals surface area contributed by atoms with Gasteiger partial charge >= 0.3 is 0 Å². The second-order valence-electron chi connectivity index (χ2n) is 9.38. The third-order valence-corrected chi connectivity index (χ3v) is 8.13. The van der Waals surface area contributed by atoms with E-state index in [9.17, 15) is 18.0 Å². The first-order valence-electron chi connectivity index (χ1n) is 12.6. The Morgan fingerprint density at radius 1 is 0.923 bits per heavy atom. The second kappa shape index (κ2) is 13.8. The molecule has 0 fully saturated rings. The van der Waals surface area contributed by atoms with Crippen LogP contribution >= 0.6 is 23.2 Å². The summed E-state index contributed by atoms with van der Waals surface area (Å²) in [6.07, 6.45) is 1.98. The second-order valence-corrected chi connectivity index (χ2v) is 12.1. The topological polar surface area (TPSA) is 86.8 Å². The van der Waals surface area contributed by atoms with Crippen LogP contribution in [0.4, 0.5) is 5.69 Å². The number of nitrogens with one attached hydrogen (secondary N) is 1. The van der Waals surface area contributed by atoms with Crippen LogP contribution in [0.1, 0.15) is 31.4 Å². The Morgan fingerprint density at radius 2 is 1.54 bits per heavy atom. The summed E-state index contributed by atoms with van der Waals surface area (Å²) in [4.78, 5) is 29.1. The quantitative estimate of drug-likeness (QED) is 0.310. The largest absolute Gasteiger partial charge is 0.352 e. The number of carbonyl (C=O) groups excluding carboxylic acids is 2. The molecular formula is C29H33Cl2N3O4S. The summed E-state index contributed by atoms with van der Waals surface area (Å²) in [7, 11) is -3.85. The maximum Gasteiger partial charge on any atom is 0.244 e. The highest BCUT2D eigenvalue weighted by Crippen LogP contribution is 2.24. The SMILES string of the molecule is CCC(C)NC(=O)C(Cc1ccccc1)N(Cc1ccccc1Cl)C(=O)CN(c1ccc(Cl)cc1)S(C)(=O)=O. The van der Waals surface area contributed by atoms with Crippen LogP contribution in [-0.4, -0.2) is 50.0 Å². The van der Waals surface area contributed by atoms with Gasteiger partial charge in [0.05, 0.1) is 11.9 Å². The van der Waals surface area contributed by atoms with Crippen molar-refractivity contribution >= 4 is 50.7 Å². The van der Waals surface area contributed by atoms with Crippen LogP contribution in [0.5, 0.6) is 0 Å². The van der Waals surface area contributed by atoms with E-state index in [2.05, 4.69) is 5.32 Å². The van der Waals surface area contributed by atoms with Crippen LogP contribution in [0, 0.1) is 0 Å². The Balaban J connectivity index is 2.06. The van der Waals surface area contributed by atoms with Gasteiger partial charge in [0.1, 0.15) is 12.6 Å². The molecule has 10 heteroatoms. The summed E-state index contributed by atoms with van der Waals surface area (Å²) >= 11 is 12.5. The van der Waals surface area contributed by atoms with Crippen LogP contribution in [-0.2, 0) is 32.6 Å². The van der Waals surface area contributed by atoms with Crippen LogP contribution in [0.25, 0.3) is 0 Å². The highest BCUT2D eigenvalue weighted by molar-refractivity contribution is 7.92. The number of amides is 2. The number of carbonyl (C=O) groups is 2. The van der Waals surface area contributed by atoms with Gasteiger partial charge in [0.2, 0.25) is 21.8 Å². The highest BCUT2D eigenvalue weighted by Gasteiger charge is 2.33. The standard InChI is InChI=1S/C29H33Cl2N3O4S/c1-4-21(2)32-29(36)27(18-22-10-6-5-7-11-22)33(19-23-12-8-9-13-26(23)31)28(35)20-34(39(3,37)38)25-16-14-24(30)15-17-25/h5-17,21,27H,4,18-20H2,1-3H3,(H,32,36). The van der Waals surface area contributed by atoms with Gasteiger partial charge in [-0.2, -0.15) is 0 Å². The molecule has 0 radical (unpaired) electrons. The minimum absolute atomic E-state index is 0.0160. The van der Waals surface area contributed by atoms with Gasteiger partial charge < -0.3 is 10.2 Å². The number of benzene rings is 3. The van der Waals surface area contributed by atoms with Gasteiger partial charge in [-0.3, -0.25) is 13.9 Å². The van der Waals surface area contributed by atoms with E-state index in [0.717, 1.165) is 16.1 Å². The molecule has 0 saturated carbocycles. The van der Waals surface area contributed by atoms with Crippen LogP contribution in [0.2, 0.25) is 10.0 Å². The van der Waals surface area contributed by atoms with Gasteiger partial charge in [-0.1, -0.05) is 78.7 Å². The monoisotopic (exact) mass is 589 g/mol. The van der Waals surface area contributed by atoms with Crippen LogP contribution < -0.4 is 9.62 Å². The number of hydrogen-bond donors (Lipinski definition) is 1. The lowest BCUT2D eigenvalue weighted by atomic mass is 10.0. The predicted molar refractivity (Wildman–Crippen MR) is 157 cm³/mol. The molecule has 0 saturated heterocycles. The zero-order chi connectivity index (χ0) is 28.6. The fraction of sp³-hybridized carbons (Fsp3) is 0.310. The molecule has 3 aromatic carbocycles. The van der Waals surface area contributed by atoms with E-state index in [4.69, 9.17) is 23.2 Å². The maximum absolute atomic E-state index is 14.0. The Kier molecular flexibility index (Phi) is 10.8. The molecule has 0 heterocycles. The minimum Gasteiger partial charge on any atom is -0.352 e. The number of sulfonamides is 1. The molecule has 0 bridgehead atoms. The van der Waals surface area contributed by atoms with Gasteiger partial charge in [-0.25, -0.2) is 8.42 Å². The smallest absolute Gasteiger partial charge is 0.244 e. The zero-order valence-electron chi connectivity index (χ0n) is 22.2. The first-order chi connectivity index (χ1) is 18.5. The Labute approximate surface area is 240 Å². The van der Waals surface area contributed by atoms with Crippen LogP contribution in [0.3, 0.4) is 0 Å².